The minimum absolute atomic E-state index is 0.254. The van der Waals surface area contributed by atoms with E-state index in [0.717, 1.165) is 50.1 Å². The minimum Gasteiger partial charge on any atom is -0.381 e. The van der Waals surface area contributed by atoms with Gasteiger partial charge < -0.3 is 24.5 Å². The predicted molar refractivity (Wildman–Crippen MR) is 123 cm³/mol. The summed E-state index contributed by atoms with van der Waals surface area (Å²) in [7, 11) is 3.43. The van der Waals surface area contributed by atoms with Gasteiger partial charge in [-0.3, -0.25) is 14.6 Å². The molecular formula is C22H31N7O4. The average Bonchev–Trinajstić information content (AvgIpc) is 3.59. The number of aromatic amines is 2. The molecule has 3 unspecified atom stereocenters. The molecule has 11 nitrogen and oxygen atoms in total. The largest absolute Gasteiger partial charge is 0.381 e. The van der Waals surface area contributed by atoms with Gasteiger partial charge in [-0.15, -0.1) is 0 Å². The van der Waals surface area contributed by atoms with Gasteiger partial charge in [0.25, 0.3) is 5.56 Å². The first-order valence-corrected chi connectivity index (χ1v) is 10.9. The van der Waals surface area contributed by atoms with Crippen LogP contribution >= 0.6 is 0 Å². The molecule has 0 aliphatic carbocycles. The molecule has 3 atom stereocenters. The van der Waals surface area contributed by atoms with Crippen molar-refractivity contribution >= 4 is 22.7 Å². The molecule has 5 heterocycles. The molecule has 0 aromatic carbocycles. The van der Waals surface area contributed by atoms with Crippen molar-refractivity contribution in [1.29, 1.82) is 5.26 Å². The number of nitrogens with one attached hydrogen (secondary N) is 3. The Bertz CT molecular complexity index is 1120. The van der Waals surface area contributed by atoms with Crippen LogP contribution in [-0.2, 0) is 21.3 Å². The highest BCUT2D eigenvalue weighted by atomic mass is 16.5. The third-order valence-corrected chi connectivity index (χ3v) is 5.54. The lowest BCUT2D eigenvalue weighted by molar-refractivity contribution is 0.0822. The highest BCUT2D eigenvalue weighted by Gasteiger charge is 2.18. The summed E-state index contributed by atoms with van der Waals surface area (Å²) in [6.07, 6.45) is 4.63. The Hall–Kier alpha value is -3.20. The number of aromatic nitrogens is 5. The van der Waals surface area contributed by atoms with Crippen molar-refractivity contribution in [2.45, 2.75) is 26.4 Å². The Morgan fingerprint density at radius 2 is 2.03 bits per heavy atom. The summed E-state index contributed by atoms with van der Waals surface area (Å²) in [6.45, 7) is 8.08. The molecule has 0 bridgehead atoms. The van der Waals surface area contributed by atoms with E-state index in [1.165, 1.54) is 4.68 Å². The lowest BCUT2D eigenvalue weighted by Crippen LogP contribution is -2.07. The van der Waals surface area contributed by atoms with E-state index in [1.807, 2.05) is 6.07 Å². The molecule has 2 aliphatic rings. The molecule has 5 rings (SSSR count). The zero-order valence-corrected chi connectivity index (χ0v) is 19.4. The summed E-state index contributed by atoms with van der Waals surface area (Å²) in [5.41, 5.74) is 1.06. The number of nitrogens with zero attached hydrogens (tertiary/aromatic N) is 4. The number of aryl methyl sites for hydroxylation is 1. The van der Waals surface area contributed by atoms with Gasteiger partial charge in [-0.2, -0.15) is 10.2 Å². The third kappa shape index (κ3) is 6.89. The number of methoxy groups -OCH3 is 1. The van der Waals surface area contributed by atoms with Crippen LogP contribution in [-0.4, -0.2) is 64.4 Å². The monoisotopic (exact) mass is 457 g/mol. The molecule has 3 N–H and O–H groups in total. The molecule has 2 aliphatic heterocycles. The predicted octanol–water partition coefficient (Wildman–Crippen LogP) is 2.31. The first kappa shape index (κ1) is 24.4. The first-order chi connectivity index (χ1) is 15.9. The molecule has 0 saturated carbocycles. The number of H-pyrrole nitrogens is 2. The Morgan fingerprint density at radius 1 is 1.27 bits per heavy atom. The van der Waals surface area contributed by atoms with E-state index >= 15 is 0 Å². The fourth-order valence-corrected chi connectivity index (χ4v) is 3.22. The van der Waals surface area contributed by atoms with Crippen LogP contribution in [0.1, 0.15) is 26.0 Å². The van der Waals surface area contributed by atoms with Gasteiger partial charge in [0.2, 0.25) is 5.95 Å². The Morgan fingerprint density at radius 3 is 2.52 bits per heavy atom. The van der Waals surface area contributed by atoms with E-state index in [2.05, 4.69) is 39.2 Å². The molecule has 3 aromatic rings. The normalized spacial score (nSPS) is 21.6. The zero-order chi connectivity index (χ0) is 23.8. The number of nitriles is 1. The SMILES string of the molecule is CC1COCC1C.COC1CCOC1.Cn1cc(Nc2ncc3cc(C#N)[nH]c3n2)c(=O)[nH]1. The third-order valence-electron chi connectivity index (χ3n) is 5.54. The lowest BCUT2D eigenvalue weighted by Gasteiger charge is -2.01. The molecule has 2 saturated heterocycles. The fourth-order valence-electron chi connectivity index (χ4n) is 3.22. The summed E-state index contributed by atoms with van der Waals surface area (Å²) < 4.78 is 16.7. The number of fused-ring (bicyclic) bond motifs is 1. The molecule has 3 aromatic heterocycles. The molecule has 0 amide bonds. The second-order valence-corrected chi connectivity index (χ2v) is 8.23. The average molecular weight is 458 g/mol. The molecule has 0 radical (unpaired) electrons. The number of rotatable bonds is 3. The van der Waals surface area contributed by atoms with Gasteiger partial charge in [-0.25, -0.2) is 4.98 Å². The van der Waals surface area contributed by atoms with Crippen LogP contribution in [0.5, 0.6) is 0 Å². The second-order valence-electron chi connectivity index (χ2n) is 8.23. The van der Waals surface area contributed by atoms with Crippen molar-refractivity contribution in [3.05, 3.63) is 34.5 Å². The van der Waals surface area contributed by atoms with Crippen molar-refractivity contribution in [2.24, 2.45) is 18.9 Å². The maximum atomic E-state index is 11.5. The second kappa shape index (κ2) is 11.6. The summed E-state index contributed by atoms with van der Waals surface area (Å²) in [6, 6.07) is 3.66. The van der Waals surface area contributed by atoms with Gasteiger partial charge in [0.05, 0.1) is 18.9 Å². The van der Waals surface area contributed by atoms with E-state index < -0.39 is 0 Å². The molecule has 33 heavy (non-hydrogen) atoms. The Balaban J connectivity index is 0.000000178. The van der Waals surface area contributed by atoms with Gasteiger partial charge in [0.15, 0.2) is 0 Å². The van der Waals surface area contributed by atoms with Crippen LogP contribution in [0.15, 0.2) is 23.3 Å². The van der Waals surface area contributed by atoms with Gasteiger partial charge in [0.1, 0.15) is 23.1 Å². The molecule has 11 heteroatoms. The minimum atomic E-state index is -0.254. The highest BCUT2D eigenvalue weighted by molar-refractivity contribution is 5.78. The van der Waals surface area contributed by atoms with Crippen LogP contribution < -0.4 is 10.9 Å². The van der Waals surface area contributed by atoms with Crippen molar-refractivity contribution in [3.63, 3.8) is 0 Å². The van der Waals surface area contributed by atoms with Crippen molar-refractivity contribution in [3.8, 4) is 6.07 Å². The van der Waals surface area contributed by atoms with Gasteiger partial charge in [-0.05, 0) is 24.3 Å². The molecule has 0 spiro atoms. The van der Waals surface area contributed by atoms with Crippen LogP contribution in [0, 0.1) is 23.2 Å². The Kier molecular flexibility index (Phi) is 8.59. The van der Waals surface area contributed by atoms with Gasteiger partial charge >= 0.3 is 0 Å². The van der Waals surface area contributed by atoms with Crippen LogP contribution in [0.25, 0.3) is 11.0 Å². The fraction of sp³-hybridized carbons (Fsp3) is 0.545. The quantitative estimate of drug-likeness (QED) is 0.544. The maximum absolute atomic E-state index is 11.5. The topological polar surface area (TPSA) is 143 Å². The van der Waals surface area contributed by atoms with Gasteiger partial charge in [-0.1, -0.05) is 13.8 Å². The lowest BCUT2D eigenvalue weighted by atomic mass is 10.0. The van der Waals surface area contributed by atoms with Crippen molar-refractivity contribution in [2.75, 3.05) is 38.9 Å². The summed E-state index contributed by atoms with van der Waals surface area (Å²) >= 11 is 0. The zero-order valence-electron chi connectivity index (χ0n) is 19.4. The summed E-state index contributed by atoms with van der Waals surface area (Å²) in [5.74, 6) is 1.87. The van der Waals surface area contributed by atoms with E-state index in [-0.39, 0.29) is 11.5 Å². The van der Waals surface area contributed by atoms with E-state index in [0.29, 0.717) is 23.1 Å². The Labute approximate surface area is 192 Å². The van der Waals surface area contributed by atoms with Crippen molar-refractivity contribution < 1.29 is 14.2 Å². The first-order valence-electron chi connectivity index (χ1n) is 10.9. The van der Waals surface area contributed by atoms with Gasteiger partial charge in [0, 0.05) is 45.6 Å². The maximum Gasteiger partial charge on any atom is 0.287 e. The van der Waals surface area contributed by atoms with E-state index in [4.69, 9.17) is 19.5 Å². The number of anilines is 2. The van der Waals surface area contributed by atoms with E-state index in [9.17, 15) is 4.79 Å². The van der Waals surface area contributed by atoms with Crippen LogP contribution in [0.4, 0.5) is 11.6 Å². The van der Waals surface area contributed by atoms with Crippen molar-refractivity contribution in [1.82, 2.24) is 24.7 Å². The summed E-state index contributed by atoms with van der Waals surface area (Å²) in [4.78, 5) is 22.6. The highest BCUT2D eigenvalue weighted by Crippen LogP contribution is 2.18. The van der Waals surface area contributed by atoms with Crippen LogP contribution in [0.2, 0.25) is 0 Å². The number of ether oxygens (including phenoxy) is 3. The number of hydrogen-bond donors (Lipinski definition) is 3. The molecular weight excluding hydrogens is 426 g/mol. The molecule has 2 fully saturated rings. The van der Waals surface area contributed by atoms with E-state index in [1.54, 1.807) is 32.6 Å². The standard InChI is InChI=1S/C11H9N7O.C6H12O.C5H10O2/c1-18-5-8(10(19)17-18)15-11-13-4-6-2-7(3-12)14-9(6)16-11;1-5-3-7-4-6(5)2;1-6-5-2-3-7-4-5/h2,4-5H,1H3,(H,17,19)(H2,13,14,15,16);5-6H,3-4H2,1-2H3;5H,2-4H2,1H3. The van der Waals surface area contributed by atoms with Crippen LogP contribution in [0.3, 0.4) is 0 Å². The number of hydrogen-bond acceptors (Lipinski definition) is 8. The molecule has 178 valence electrons. The summed E-state index contributed by atoms with van der Waals surface area (Å²) in [5, 5.41) is 14.9. The smallest absolute Gasteiger partial charge is 0.287 e.